The molecule has 1 aliphatic rings. The molecule has 0 aromatic heterocycles. The highest BCUT2D eigenvalue weighted by atomic mass is 15.1. The zero-order chi connectivity index (χ0) is 50.4. The summed E-state index contributed by atoms with van der Waals surface area (Å²) in [4.78, 5) is 2.55. The maximum Gasteiger partial charge on any atom is 0.0714 e. The van der Waals surface area contributed by atoms with E-state index in [2.05, 4.69) is 314 Å². The fraction of sp³-hybridized carbons (Fsp3) is 0.0133. The van der Waals surface area contributed by atoms with Gasteiger partial charge in [-0.3, -0.25) is 0 Å². The van der Waals surface area contributed by atoms with Crippen LogP contribution in [0.5, 0.6) is 0 Å². The third-order valence-electron chi connectivity index (χ3n) is 15.8. The van der Waals surface area contributed by atoms with Crippen molar-refractivity contribution in [1.29, 1.82) is 0 Å². The summed E-state index contributed by atoms with van der Waals surface area (Å²) in [6.45, 7) is 0. The van der Waals surface area contributed by atoms with Crippen LogP contribution in [-0.4, -0.2) is 0 Å². The molecule has 0 saturated carbocycles. The molecule has 0 N–H and O–H groups in total. The fourth-order valence-corrected chi connectivity index (χ4v) is 12.3. The predicted molar refractivity (Wildman–Crippen MR) is 321 cm³/mol. The van der Waals surface area contributed by atoms with Crippen molar-refractivity contribution in [2.75, 3.05) is 4.90 Å². The van der Waals surface area contributed by atoms with Crippen molar-refractivity contribution in [3.8, 4) is 66.8 Å². The summed E-state index contributed by atoms with van der Waals surface area (Å²) < 4.78 is 0. The lowest BCUT2D eigenvalue weighted by molar-refractivity contribution is 0.768. The number of hydrogen-bond donors (Lipinski definition) is 0. The van der Waals surface area contributed by atoms with E-state index in [1.165, 1.54) is 99.4 Å². The Labute approximate surface area is 444 Å². The molecule has 356 valence electrons. The van der Waals surface area contributed by atoms with Gasteiger partial charge in [-0.15, -0.1) is 0 Å². The Balaban J connectivity index is 0.987. The molecular weight excluding hydrogens is 915 g/mol. The van der Waals surface area contributed by atoms with E-state index in [4.69, 9.17) is 0 Å². The predicted octanol–water partition coefficient (Wildman–Crippen LogP) is 20.2. The molecule has 13 aromatic rings. The van der Waals surface area contributed by atoms with Gasteiger partial charge in [0, 0.05) is 22.3 Å². The quantitative estimate of drug-likeness (QED) is 0.123. The Morgan fingerprint density at radius 3 is 1.17 bits per heavy atom. The Morgan fingerprint density at radius 1 is 0.224 bits per heavy atom. The molecule has 1 nitrogen and oxygen atoms in total. The Hall–Kier alpha value is -9.82. The van der Waals surface area contributed by atoms with Gasteiger partial charge in [0.2, 0.25) is 0 Å². The van der Waals surface area contributed by atoms with Gasteiger partial charge in [0.25, 0.3) is 0 Å². The van der Waals surface area contributed by atoms with Crippen LogP contribution in [0.3, 0.4) is 0 Å². The second kappa shape index (κ2) is 18.9. The van der Waals surface area contributed by atoms with Crippen LogP contribution in [0.15, 0.2) is 309 Å². The van der Waals surface area contributed by atoms with Gasteiger partial charge in [-0.2, -0.15) is 0 Å². The molecule has 13 aromatic carbocycles. The van der Waals surface area contributed by atoms with Crippen molar-refractivity contribution in [1.82, 2.24) is 0 Å². The van der Waals surface area contributed by atoms with Crippen molar-refractivity contribution >= 4 is 38.6 Å². The van der Waals surface area contributed by atoms with E-state index in [0.717, 1.165) is 28.2 Å². The van der Waals surface area contributed by atoms with E-state index in [9.17, 15) is 0 Å². The lowest BCUT2D eigenvalue weighted by Crippen LogP contribution is -2.28. The van der Waals surface area contributed by atoms with Crippen LogP contribution in [0.2, 0.25) is 0 Å². The van der Waals surface area contributed by atoms with Gasteiger partial charge in [-0.1, -0.05) is 279 Å². The topological polar surface area (TPSA) is 3.24 Å². The van der Waals surface area contributed by atoms with Crippen LogP contribution in [-0.2, 0) is 5.41 Å². The molecule has 14 rings (SSSR count). The number of rotatable bonds is 10. The number of nitrogens with zero attached hydrogens (tertiary/aromatic N) is 1. The van der Waals surface area contributed by atoms with Crippen molar-refractivity contribution in [2.24, 2.45) is 0 Å². The standard InChI is InChI=1S/C75H51N/c1-5-20-52(21-6-1)54-36-38-55(39-37-54)56-40-42-57(43-41-56)58-44-46-63(47-45-58)76(64-48-49-68-67-32-17-18-35-71(67)75(72(68)51-64,61-26-9-3-10-27-61)62-28-11-4-12-29-62)74-70-34-16-14-31-66(70)65-30-13-15-33-69(65)73(74)60-25-19-24-59(50-60)53-22-7-2-8-23-53/h1-51H. The summed E-state index contributed by atoms with van der Waals surface area (Å²) in [6, 6.07) is 114. The smallest absolute Gasteiger partial charge is 0.0714 e. The molecule has 0 saturated heterocycles. The van der Waals surface area contributed by atoms with Crippen LogP contribution in [0.25, 0.3) is 88.3 Å². The van der Waals surface area contributed by atoms with Gasteiger partial charge in [0.05, 0.1) is 11.1 Å². The third-order valence-corrected chi connectivity index (χ3v) is 15.8. The highest BCUT2D eigenvalue weighted by molar-refractivity contribution is 6.22. The van der Waals surface area contributed by atoms with E-state index in [1.807, 2.05) is 0 Å². The van der Waals surface area contributed by atoms with Gasteiger partial charge in [-0.05, 0) is 130 Å². The minimum atomic E-state index is -0.575. The van der Waals surface area contributed by atoms with Crippen LogP contribution in [0.1, 0.15) is 22.3 Å². The lowest BCUT2D eigenvalue weighted by atomic mass is 9.67. The first-order valence-electron chi connectivity index (χ1n) is 26.3. The molecule has 0 fully saturated rings. The van der Waals surface area contributed by atoms with Gasteiger partial charge >= 0.3 is 0 Å². The summed E-state index contributed by atoms with van der Waals surface area (Å²) in [5, 5.41) is 4.82. The van der Waals surface area contributed by atoms with Gasteiger partial charge in [0.15, 0.2) is 0 Å². The molecule has 1 heteroatoms. The summed E-state index contributed by atoms with van der Waals surface area (Å²) in [5.74, 6) is 0. The number of benzene rings is 13. The highest BCUT2D eigenvalue weighted by Crippen LogP contribution is 2.58. The highest BCUT2D eigenvalue weighted by Gasteiger charge is 2.46. The fourth-order valence-electron chi connectivity index (χ4n) is 12.3. The summed E-state index contributed by atoms with van der Waals surface area (Å²) >= 11 is 0. The van der Waals surface area contributed by atoms with Crippen LogP contribution in [0, 0.1) is 0 Å². The molecule has 0 radical (unpaired) electrons. The van der Waals surface area contributed by atoms with Crippen molar-refractivity contribution in [2.45, 2.75) is 5.41 Å². The number of hydrogen-bond acceptors (Lipinski definition) is 1. The van der Waals surface area contributed by atoms with Crippen molar-refractivity contribution < 1.29 is 0 Å². The number of anilines is 3. The monoisotopic (exact) mass is 965 g/mol. The minimum absolute atomic E-state index is 0.575. The molecule has 76 heavy (non-hydrogen) atoms. The van der Waals surface area contributed by atoms with Crippen molar-refractivity contribution in [3.63, 3.8) is 0 Å². The molecule has 0 unspecified atom stereocenters. The Kier molecular flexibility index (Phi) is 11.2. The number of fused-ring (bicyclic) bond motifs is 6. The van der Waals surface area contributed by atoms with Crippen molar-refractivity contribution in [3.05, 3.63) is 332 Å². The van der Waals surface area contributed by atoms with Gasteiger partial charge in [-0.25, -0.2) is 0 Å². The van der Waals surface area contributed by atoms with Crippen LogP contribution >= 0.6 is 0 Å². The molecule has 0 bridgehead atoms. The Bertz CT molecular complexity index is 4180. The van der Waals surface area contributed by atoms with Crippen LogP contribution in [0.4, 0.5) is 17.1 Å². The average molecular weight is 966 g/mol. The SMILES string of the molecule is c1ccc(-c2ccc(-c3ccc(-c4ccc(N(c5ccc6c(c5)C(c5ccccc5)(c5ccccc5)c5ccccc5-6)c5c(-c6cccc(-c7ccccc7)c6)c6ccccc6c6ccccc56)cc4)cc3)cc2)cc1. The van der Waals surface area contributed by atoms with Crippen LogP contribution < -0.4 is 4.90 Å². The first-order chi connectivity index (χ1) is 37.7. The van der Waals surface area contributed by atoms with E-state index in [1.54, 1.807) is 0 Å². The maximum absolute atomic E-state index is 2.55. The molecule has 0 spiro atoms. The molecule has 0 atom stereocenters. The summed E-state index contributed by atoms with van der Waals surface area (Å²) in [7, 11) is 0. The largest absolute Gasteiger partial charge is 0.309 e. The van der Waals surface area contributed by atoms with Gasteiger partial charge in [0.1, 0.15) is 0 Å². The first-order valence-corrected chi connectivity index (χ1v) is 26.3. The second-order valence-electron chi connectivity index (χ2n) is 19.9. The third kappa shape index (κ3) is 7.55. The first kappa shape index (κ1) is 44.8. The normalized spacial score (nSPS) is 12.3. The maximum atomic E-state index is 2.55. The average Bonchev–Trinajstić information content (AvgIpc) is 4.02. The molecule has 0 heterocycles. The van der Waals surface area contributed by atoms with E-state index in [0.29, 0.717) is 0 Å². The molecule has 0 amide bonds. The zero-order valence-corrected chi connectivity index (χ0v) is 41.9. The van der Waals surface area contributed by atoms with Gasteiger partial charge < -0.3 is 4.90 Å². The van der Waals surface area contributed by atoms with E-state index in [-0.39, 0.29) is 0 Å². The zero-order valence-electron chi connectivity index (χ0n) is 41.9. The van der Waals surface area contributed by atoms with E-state index >= 15 is 0 Å². The summed E-state index contributed by atoms with van der Waals surface area (Å²) in [6.07, 6.45) is 0. The molecular formula is C75H51N. The summed E-state index contributed by atoms with van der Waals surface area (Å²) in [5.41, 5.74) is 22.1. The lowest BCUT2D eigenvalue weighted by Gasteiger charge is -2.35. The molecule has 1 aliphatic carbocycles. The molecule has 0 aliphatic heterocycles. The Morgan fingerprint density at radius 2 is 0.605 bits per heavy atom. The van der Waals surface area contributed by atoms with E-state index < -0.39 is 5.41 Å². The minimum Gasteiger partial charge on any atom is -0.309 e. The second-order valence-corrected chi connectivity index (χ2v) is 19.9.